The molecule has 2 aromatic rings. The number of carbonyl (C=O) groups is 2. The largest absolute Gasteiger partial charge is 0.447 e. The monoisotopic (exact) mass is 248 g/mol. The number of rotatable bonds is 4. The van der Waals surface area contributed by atoms with Gasteiger partial charge >= 0.3 is 6.03 Å². The highest BCUT2D eigenvalue weighted by atomic mass is 16.5. The molecule has 94 valence electrons. The number of amides is 1. The highest BCUT2D eigenvalue weighted by Crippen LogP contribution is 2.18. The Labute approximate surface area is 103 Å². The fourth-order valence-electron chi connectivity index (χ4n) is 1.60. The summed E-state index contributed by atoms with van der Waals surface area (Å²) in [6.45, 7) is 0.268. The van der Waals surface area contributed by atoms with Crippen LogP contribution in [-0.2, 0) is 9.53 Å². The minimum atomic E-state index is -0.322. The fourth-order valence-corrected chi connectivity index (χ4v) is 1.60. The number of hydrogen-bond acceptors (Lipinski definition) is 5. The predicted octanol–water partition coefficient (Wildman–Crippen LogP) is 0.766. The van der Waals surface area contributed by atoms with Crippen molar-refractivity contribution in [2.75, 3.05) is 19.1 Å². The molecule has 1 aromatic heterocycles. The number of carbonyl (C=O) groups excluding carboxylic acids is 2. The van der Waals surface area contributed by atoms with Gasteiger partial charge in [-0.2, -0.15) is 0 Å². The van der Waals surface area contributed by atoms with Crippen molar-refractivity contribution in [1.82, 2.24) is 14.9 Å². The summed E-state index contributed by atoms with van der Waals surface area (Å²) in [4.78, 5) is 26.1. The van der Waals surface area contributed by atoms with E-state index in [-0.39, 0.29) is 12.8 Å². The first kappa shape index (κ1) is 11.9. The van der Waals surface area contributed by atoms with Gasteiger partial charge < -0.3 is 15.4 Å². The van der Waals surface area contributed by atoms with Crippen LogP contribution in [0.5, 0.6) is 0 Å². The van der Waals surface area contributed by atoms with Gasteiger partial charge in [-0.15, -0.1) is 0 Å². The number of hydrogen-bond donors (Lipinski definition) is 2. The standard InChI is InChI=1S/C11H12N4O3/c1-12-11(17)15-9-5-3-2-4-8(9)14-10(15)13-6-18-7-16/h2-5,7H,6H2,1H3,(H,12,17)(H,13,14). The summed E-state index contributed by atoms with van der Waals surface area (Å²) >= 11 is 0. The average Bonchev–Trinajstić information content (AvgIpc) is 2.76. The lowest BCUT2D eigenvalue weighted by molar-refractivity contribution is -0.128. The van der Waals surface area contributed by atoms with Crippen molar-refractivity contribution in [3.8, 4) is 0 Å². The predicted molar refractivity (Wildman–Crippen MR) is 65.2 cm³/mol. The van der Waals surface area contributed by atoms with Crippen LogP contribution in [0.4, 0.5) is 10.7 Å². The molecule has 0 atom stereocenters. The van der Waals surface area contributed by atoms with Gasteiger partial charge in [0.05, 0.1) is 11.0 Å². The van der Waals surface area contributed by atoms with Gasteiger partial charge in [0.1, 0.15) is 0 Å². The maximum absolute atomic E-state index is 11.8. The van der Waals surface area contributed by atoms with Crippen LogP contribution in [0.3, 0.4) is 0 Å². The molecule has 1 aromatic carbocycles. The minimum Gasteiger partial charge on any atom is -0.447 e. The van der Waals surface area contributed by atoms with Crippen LogP contribution >= 0.6 is 0 Å². The van der Waals surface area contributed by atoms with E-state index in [1.165, 1.54) is 11.6 Å². The maximum atomic E-state index is 11.8. The highest BCUT2D eigenvalue weighted by Gasteiger charge is 2.14. The van der Waals surface area contributed by atoms with E-state index >= 15 is 0 Å². The lowest BCUT2D eigenvalue weighted by Crippen LogP contribution is -2.26. The molecule has 2 rings (SSSR count). The van der Waals surface area contributed by atoms with Gasteiger partial charge in [-0.25, -0.2) is 14.3 Å². The average molecular weight is 248 g/mol. The van der Waals surface area contributed by atoms with Gasteiger partial charge in [0.25, 0.3) is 6.47 Å². The minimum absolute atomic E-state index is 0.0518. The summed E-state index contributed by atoms with van der Waals surface area (Å²) in [5, 5.41) is 5.28. The second-order valence-electron chi connectivity index (χ2n) is 3.40. The number of para-hydroxylation sites is 2. The number of ether oxygens (including phenoxy) is 1. The Morgan fingerprint density at radius 1 is 1.50 bits per heavy atom. The smallest absolute Gasteiger partial charge is 0.328 e. The Morgan fingerprint density at radius 2 is 2.28 bits per heavy atom. The van der Waals surface area contributed by atoms with E-state index in [4.69, 9.17) is 0 Å². The number of nitrogens with one attached hydrogen (secondary N) is 2. The zero-order valence-corrected chi connectivity index (χ0v) is 9.71. The number of aromatic nitrogens is 2. The second-order valence-corrected chi connectivity index (χ2v) is 3.40. The van der Waals surface area contributed by atoms with Gasteiger partial charge in [0, 0.05) is 7.05 Å². The third-order valence-corrected chi connectivity index (χ3v) is 2.36. The van der Waals surface area contributed by atoms with E-state index in [1.54, 1.807) is 12.1 Å². The van der Waals surface area contributed by atoms with Gasteiger partial charge in [0.15, 0.2) is 6.73 Å². The Hall–Kier alpha value is -2.57. The van der Waals surface area contributed by atoms with Crippen LogP contribution in [0.2, 0.25) is 0 Å². The Balaban J connectivity index is 2.43. The van der Waals surface area contributed by atoms with Crippen LogP contribution < -0.4 is 10.6 Å². The highest BCUT2D eigenvalue weighted by molar-refractivity contribution is 5.92. The van der Waals surface area contributed by atoms with Crippen molar-refractivity contribution in [2.45, 2.75) is 0 Å². The first-order valence-corrected chi connectivity index (χ1v) is 5.26. The van der Waals surface area contributed by atoms with Crippen LogP contribution in [0.1, 0.15) is 0 Å². The summed E-state index contributed by atoms with van der Waals surface area (Å²) in [5.74, 6) is 0.317. The number of nitrogens with zero attached hydrogens (tertiary/aromatic N) is 2. The summed E-state index contributed by atoms with van der Waals surface area (Å²) in [6, 6.07) is 6.89. The Kier molecular flexibility index (Phi) is 3.42. The van der Waals surface area contributed by atoms with E-state index in [0.717, 1.165) is 0 Å². The van der Waals surface area contributed by atoms with E-state index in [1.807, 2.05) is 12.1 Å². The molecule has 0 unspecified atom stereocenters. The Bertz CT molecular complexity index is 579. The lowest BCUT2D eigenvalue weighted by Gasteiger charge is -2.07. The number of fused-ring (bicyclic) bond motifs is 1. The van der Waals surface area contributed by atoms with Gasteiger partial charge in [-0.05, 0) is 12.1 Å². The zero-order chi connectivity index (χ0) is 13.0. The maximum Gasteiger partial charge on any atom is 0.328 e. The quantitative estimate of drug-likeness (QED) is 0.474. The molecule has 1 heterocycles. The van der Waals surface area contributed by atoms with Crippen molar-refractivity contribution in [3.63, 3.8) is 0 Å². The summed E-state index contributed by atoms with van der Waals surface area (Å²) in [5.41, 5.74) is 1.35. The van der Waals surface area contributed by atoms with E-state index in [9.17, 15) is 9.59 Å². The van der Waals surface area contributed by atoms with Crippen molar-refractivity contribution in [2.24, 2.45) is 0 Å². The van der Waals surface area contributed by atoms with E-state index < -0.39 is 0 Å². The van der Waals surface area contributed by atoms with Crippen LogP contribution in [0, 0.1) is 0 Å². The summed E-state index contributed by atoms with van der Waals surface area (Å²) in [7, 11) is 1.53. The zero-order valence-electron chi connectivity index (χ0n) is 9.71. The number of benzene rings is 1. The first-order valence-electron chi connectivity index (χ1n) is 5.26. The van der Waals surface area contributed by atoms with Crippen LogP contribution in [-0.4, -0.2) is 35.8 Å². The molecule has 0 aliphatic rings. The third-order valence-electron chi connectivity index (χ3n) is 2.36. The second kappa shape index (κ2) is 5.17. The van der Waals surface area contributed by atoms with Crippen molar-refractivity contribution < 1.29 is 14.3 Å². The van der Waals surface area contributed by atoms with Crippen molar-refractivity contribution in [3.05, 3.63) is 24.3 Å². The van der Waals surface area contributed by atoms with E-state index in [0.29, 0.717) is 23.5 Å². The summed E-state index contributed by atoms with van der Waals surface area (Å²) in [6.07, 6.45) is 0. The molecule has 7 nitrogen and oxygen atoms in total. The van der Waals surface area contributed by atoms with Gasteiger partial charge in [0.2, 0.25) is 5.95 Å². The SMILES string of the molecule is CNC(=O)n1c(NCOC=O)nc2ccccc21. The van der Waals surface area contributed by atoms with Gasteiger partial charge in [-0.3, -0.25) is 4.79 Å². The van der Waals surface area contributed by atoms with Gasteiger partial charge in [-0.1, -0.05) is 12.1 Å². The van der Waals surface area contributed by atoms with E-state index in [2.05, 4.69) is 20.4 Å². The molecule has 0 fully saturated rings. The van der Waals surface area contributed by atoms with Crippen LogP contribution in [0.25, 0.3) is 11.0 Å². The Morgan fingerprint density at radius 3 is 3.00 bits per heavy atom. The molecule has 0 spiro atoms. The number of anilines is 1. The lowest BCUT2D eigenvalue weighted by atomic mass is 10.3. The molecule has 2 N–H and O–H groups in total. The third kappa shape index (κ3) is 2.10. The van der Waals surface area contributed by atoms with Crippen molar-refractivity contribution >= 4 is 29.5 Å². The molecule has 0 saturated heterocycles. The summed E-state index contributed by atoms with van der Waals surface area (Å²) < 4.78 is 5.90. The molecule has 1 amide bonds. The molecular weight excluding hydrogens is 236 g/mol. The molecule has 0 aliphatic heterocycles. The molecule has 0 radical (unpaired) electrons. The topological polar surface area (TPSA) is 85.3 Å². The van der Waals surface area contributed by atoms with Crippen LogP contribution in [0.15, 0.2) is 24.3 Å². The molecule has 0 bridgehead atoms. The van der Waals surface area contributed by atoms with Crippen molar-refractivity contribution in [1.29, 1.82) is 0 Å². The molecule has 18 heavy (non-hydrogen) atoms. The molecule has 0 aliphatic carbocycles. The molecular formula is C11H12N4O3. The normalized spacial score (nSPS) is 10.1. The molecule has 0 saturated carbocycles. The molecule has 7 heteroatoms. The fraction of sp³-hybridized carbons (Fsp3) is 0.182. The first-order chi connectivity index (χ1) is 8.77. The number of imidazole rings is 1.